The van der Waals surface area contributed by atoms with Crippen LogP contribution in [0.2, 0.25) is 5.02 Å². The fraction of sp³-hybridized carbons (Fsp3) is 0.500. The Bertz CT molecular complexity index is 504. The molecule has 1 unspecified atom stereocenters. The van der Waals surface area contributed by atoms with Gasteiger partial charge in [-0.1, -0.05) is 11.6 Å². The molecule has 1 heterocycles. The van der Waals surface area contributed by atoms with E-state index < -0.39 is 0 Å². The lowest BCUT2D eigenvalue weighted by molar-refractivity contribution is 0.0937. The summed E-state index contributed by atoms with van der Waals surface area (Å²) in [7, 11) is 0. The van der Waals surface area contributed by atoms with Crippen LogP contribution in [0.5, 0.6) is 0 Å². The number of carbonyl (C=O) groups excluding carboxylic acids is 1. The Morgan fingerprint density at radius 1 is 1.37 bits per heavy atom. The topological polar surface area (TPSA) is 32.3 Å². The van der Waals surface area contributed by atoms with Crippen LogP contribution in [0.25, 0.3) is 0 Å². The standard InChI is InChI=1S/C14H16BrClN2O/c15-12-4-1-9(7-13(12)16)14(19)17-10-5-6-18(8-10)11-2-3-11/h1,4,7,10-11H,2-3,5-6,8H2,(H,17,19). The average Bonchev–Trinajstić information content (AvgIpc) is 3.14. The number of nitrogens with zero attached hydrogens (tertiary/aromatic N) is 1. The van der Waals surface area contributed by atoms with Gasteiger partial charge in [-0.3, -0.25) is 9.69 Å². The zero-order valence-corrected chi connectivity index (χ0v) is 12.9. The molecule has 1 aliphatic carbocycles. The lowest BCUT2D eigenvalue weighted by Crippen LogP contribution is -2.37. The van der Waals surface area contributed by atoms with Gasteiger partial charge in [0.05, 0.1) is 5.02 Å². The molecule has 1 saturated heterocycles. The number of benzene rings is 1. The first-order chi connectivity index (χ1) is 9.13. The van der Waals surface area contributed by atoms with Gasteiger partial charge in [-0.25, -0.2) is 0 Å². The molecule has 1 aromatic carbocycles. The highest BCUT2D eigenvalue weighted by molar-refractivity contribution is 9.10. The first kappa shape index (κ1) is 13.4. The smallest absolute Gasteiger partial charge is 0.251 e. The van der Waals surface area contributed by atoms with Crippen molar-refractivity contribution in [2.45, 2.75) is 31.3 Å². The minimum absolute atomic E-state index is 0.0305. The molecular formula is C14H16BrClN2O. The van der Waals surface area contributed by atoms with Gasteiger partial charge >= 0.3 is 0 Å². The molecule has 102 valence electrons. The van der Waals surface area contributed by atoms with Gasteiger partial charge in [-0.2, -0.15) is 0 Å². The van der Waals surface area contributed by atoms with Gasteiger partial charge in [0.25, 0.3) is 5.91 Å². The van der Waals surface area contributed by atoms with Gasteiger partial charge in [-0.15, -0.1) is 0 Å². The van der Waals surface area contributed by atoms with Gasteiger partial charge in [-0.05, 0) is 53.4 Å². The van der Waals surface area contributed by atoms with Crippen LogP contribution in [-0.4, -0.2) is 36.0 Å². The second-order valence-electron chi connectivity index (χ2n) is 5.31. The third-order valence-corrected chi connectivity index (χ3v) is 5.03. The summed E-state index contributed by atoms with van der Waals surface area (Å²) in [6.45, 7) is 2.09. The minimum atomic E-state index is -0.0305. The summed E-state index contributed by atoms with van der Waals surface area (Å²) < 4.78 is 0.812. The zero-order valence-electron chi connectivity index (χ0n) is 10.5. The SMILES string of the molecule is O=C(NC1CCN(C2CC2)C1)c1ccc(Br)c(Cl)c1. The van der Waals surface area contributed by atoms with Crippen molar-refractivity contribution in [2.75, 3.05) is 13.1 Å². The predicted octanol–water partition coefficient (Wildman–Crippen LogP) is 3.07. The van der Waals surface area contributed by atoms with E-state index in [1.807, 2.05) is 6.07 Å². The molecule has 0 aromatic heterocycles. The second kappa shape index (κ2) is 5.43. The van der Waals surface area contributed by atoms with Crippen molar-refractivity contribution in [3.8, 4) is 0 Å². The number of carbonyl (C=O) groups is 1. The Hall–Kier alpha value is -0.580. The second-order valence-corrected chi connectivity index (χ2v) is 6.58. The third kappa shape index (κ3) is 3.12. The lowest BCUT2D eigenvalue weighted by Gasteiger charge is -2.16. The van der Waals surface area contributed by atoms with E-state index in [4.69, 9.17) is 11.6 Å². The van der Waals surface area contributed by atoms with Crippen LogP contribution < -0.4 is 5.32 Å². The molecule has 3 rings (SSSR count). The normalized spacial score (nSPS) is 23.6. The number of rotatable bonds is 3. The molecular weight excluding hydrogens is 328 g/mol. The molecule has 1 N–H and O–H groups in total. The van der Waals surface area contributed by atoms with Crippen LogP contribution in [0, 0.1) is 0 Å². The number of nitrogens with one attached hydrogen (secondary N) is 1. The molecule has 0 spiro atoms. The largest absolute Gasteiger partial charge is 0.348 e. The molecule has 0 bridgehead atoms. The van der Waals surface area contributed by atoms with Crippen LogP contribution in [-0.2, 0) is 0 Å². The van der Waals surface area contributed by atoms with E-state index in [9.17, 15) is 4.79 Å². The third-order valence-electron chi connectivity index (χ3n) is 3.80. The highest BCUT2D eigenvalue weighted by Gasteiger charge is 2.34. The summed E-state index contributed by atoms with van der Waals surface area (Å²) >= 11 is 9.34. The number of hydrogen-bond acceptors (Lipinski definition) is 2. The Morgan fingerprint density at radius 3 is 2.84 bits per heavy atom. The maximum atomic E-state index is 12.2. The van der Waals surface area contributed by atoms with Crippen molar-refractivity contribution in [3.63, 3.8) is 0 Å². The summed E-state index contributed by atoms with van der Waals surface area (Å²) in [5, 5.41) is 3.67. The Balaban J connectivity index is 1.60. The van der Waals surface area contributed by atoms with E-state index in [1.54, 1.807) is 12.1 Å². The molecule has 2 aliphatic rings. The van der Waals surface area contributed by atoms with Crippen LogP contribution in [0.15, 0.2) is 22.7 Å². The van der Waals surface area contributed by atoms with Gasteiger partial charge in [0.2, 0.25) is 0 Å². The highest BCUT2D eigenvalue weighted by atomic mass is 79.9. The van der Waals surface area contributed by atoms with Gasteiger partial charge in [0.15, 0.2) is 0 Å². The maximum absolute atomic E-state index is 12.2. The first-order valence-electron chi connectivity index (χ1n) is 6.63. The minimum Gasteiger partial charge on any atom is -0.348 e. The summed E-state index contributed by atoms with van der Waals surface area (Å²) in [5.41, 5.74) is 0.623. The van der Waals surface area contributed by atoms with Gasteiger partial charge in [0.1, 0.15) is 0 Å². The van der Waals surface area contributed by atoms with Crippen LogP contribution in [0.1, 0.15) is 29.6 Å². The molecule has 0 radical (unpaired) electrons. The van der Waals surface area contributed by atoms with E-state index >= 15 is 0 Å². The average molecular weight is 344 g/mol. The number of hydrogen-bond donors (Lipinski definition) is 1. The van der Waals surface area contributed by atoms with Crippen LogP contribution >= 0.6 is 27.5 Å². The van der Waals surface area contributed by atoms with E-state index in [0.717, 1.165) is 30.0 Å². The summed E-state index contributed by atoms with van der Waals surface area (Å²) in [5.74, 6) is -0.0305. The van der Waals surface area contributed by atoms with E-state index in [-0.39, 0.29) is 11.9 Å². The first-order valence-corrected chi connectivity index (χ1v) is 7.80. The molecule has 3 nitrogen and oxygen atoms in total. The number of halogens is 2. The number of likely N-dealkylation sites (tertiary alicyclic amines) is 1. The van der Waals surface area contributed by atoms with Gasteiger partial charge in [0, 0.05) is 35.2 Å². The molecule has 2 fully saturated rings. The number of amides is 1. The molecule has 5 heteroatoms. The van der Waals surface area contributed by atoms with Crippen molar-refractivity contribution in [1.29, 1.82) is 0 Å². The van der Waals surface area contributed by atoms with Crippen molar-refractivity contribution in [1.82, 2.24) is 10.2 Å². The molecule has 1 aliphatic heterocycles. The van der Waals surface area contributed by atoms with Crippen molar-refractivity contribution < 1.29 is 4.79 Å². The fourth-order valence-electron chi connectivity index (χ4n) is 2.58. The Labute approximate surface area is 126 Å². The van der Waals surface area contributed by atoms with Crippen LogP contribution in [0.4, 0.5) is 0 Å². The molecule has 19 heavy (non-hydrogen) atoms. The Kier molecular flexibility index (Phi) is 3.83. The van der Waals surface area contributed by atoms with Crippen molar-refractivity contribution in [2.24, 2.45) is 0 Å². The monoisotopic (exact) mass is 342 g/mol. The summed E-state index contributed by atoms with van der Waals surface area (Å²) in [6.07, 6.45) is 3.69. The van der Waals surface area contributed by atoms with Crippen molar-refractivity contribution >= 4 is 33.4 Å². The van der Waals surface area contributed by atoms with E-state index in [2.05, 4.69) is 26.1 Å². The quantitative estimate of drug-likeness (QED) is 0.915. The fourth-order valence-corrected chi connectivity index (χ4v) is 3.01. The molecule has 1 amide bonds. The molecule has 1 saturated carbocycles. The molecule has 1 aromatic rings. The van der Waals surface area contributed by atoms with Gasteiger partial charge < -0.3 is 5.32 Å². The lowest BCUT2D eigenvalue weighted by atomic mass is 10.2. The van der Waals surface area contributed by atoms with E-state index in [1.165, 1.54) is 12.8 Å². The summed E-state index contributed by atoms with van der Waals surface area (Å²) in [6, 6.07) is 6.36. The predicted molar refractivity (Wildman–Crippen MR) is 79.6 cm³/mol. The Morgan fingerprint density at radius 2 is 2.16 bits per heavy atom. The molecule has 1 atom stereocenters. The maximum Gasteiger partial charge on any atom is 0.251 e. The summed E-state index contributed by atoms with van der Waals surface area (Å²) in [4.78, 5) is 14.6. The zero-order chi connectivity index (χ0) is 13.4. The van der Waals surface area contributed by atoms with Crippen LogP contribution in [0.3, 0.4) is 0 Å². The van der Waals surface area contributed by atoms with Crippen molar-refractivity contribution in [3.05, 3.63) is 33.3 Å². The highest BCUT2D eigenvalue weighted by Crippen LogP contribution is 2.30. The van der Waals surface area contributed by atoms with E-state index in [0.29, 0.717) is 10.6 Å².